The molecule has 1 amide bonds. The second-order valence-corrected chi connectivity index (χ2v) is 7.82. The Morgan fingerprint density at radius 1 is 1.12 bits per heavy atom. The first-order valence-electron chi connectivity index (χ1n) is 9.28. The molecule has 1 aromatic heterocycles. The highest BCUT2D eigenvalue weighted by molar-refractivity contribution is 6.47. The van der Waals surface area contributed by atoms with E-state index in [1.807, 2.05) is 0 Å². The summed E-state index contributed by atoms with van der Waals surface area (Å²) in [7, 11) is 0. The van der Waals surface area contributed by atoms with Crippen LogP contribution in [0.1, 0.15) is 22.9 Å². The highest BCUT2D eigenvalue weighted by Crippen LogP contribution is 2.43. The van der Waals surface area contributed by atoms with Crippen LogP contribution in [0.5, 0.6) is 0 Å². The van der Waals surface area contributed by atoms with Gasteiger partial charge in [-0.15, -0.1) is 0 Å². The normalized spacial score (nSPS) is 17.7. The van der Waals surface area contributed by atoms with E-state index in [-0.39, 0.29) is 28.4 Å². The van der Waals surface area contributed by atoms with E-state index >= 15 is 0 Å². The molecule has 1 fully saturated rings. The fourth-order valence-electron chi connectivity index (χ4n) is 3.58. The Balaban J connectivity index is 1.91. The summed E-state index contributed by atoms with van der Waals surface area (Å²) in [5.41, 5.74) is -0.148. The lowest BCUT2D eigenvalue weighted by molar-refractivity contribution is -0.384. The molecule has 0 saturated carbocycles. The van der Waals surface area contributed by atoms with Crippen LogP contribution in [-0.4, -0.2) is 26.6 Å². The number of rotatable bonds is 5. The van der Waals surface area contributed by atoms with Gasteiger partial charge in [0.2, 0.25) is 0 Å². The lowest BCUT2D eigenvalue weighted by atomic mass is 9.95. The van der Waals surface area contributed by atoms with Crippen LogP contribution in [0.4, 0.5) is 5.69 Å². The predicted octanol–water partition coefficient (Wildman–Crippen LogP) is 5.12. The number of nitrogens with zero attached hydrogens (tertiary/aromatic N) is 2. The number of nitro benzene ring substituents is 1. The van der Waals surface area contributed by atoms with Gasteiger partial charge < -0.3 is 14.4 Å². The van der Waals surface area contributed by atoms with Gasteiger partial charge in [0.1, 0.15) is 11.5 Å². The molecule has 32 heavy (non-hydrogen) atoms. The highest BCUT2D eigenvalue weighted by Gasteiger charge is 2.47. The molecule has 1 atom stereocenters. The molecule has 3 aromatic rings. The number of halogens is 2. The second-order valence-electron chi connectivity index (χ2n) is 6.98. The van der Waals surface area contributed by atoms with Crippen molar-refractivity contribution in [3.8, 4) is 0 Å². The highest BCUT2D eigenvalue weighted by atomic mass is 35.5. The van der Waals surface area contributed by atoms with Crippen molar-refractivity contribution in [3.05, 3.63) is 103 Å². The summed E-state index contributed by atoms with van der Waals surface area (Å²) in [6, 6.07) is 11.9. The van der Waals surface area contributed by atoms with Gasteiger partial charge in [-0.25, -0.2) is 0 Å². The molecule has 1 N–H and O–H groups in total. The molecule has 0 aliphatic carbocycles. The number of benzene rings is 2. The number of nitro groups is 1. The average Bonchev–Trinajstić information content (AvgIpc) is 3.36. The lowest BCUT2D eigenvalue weighted by Gasteiger charge is -2.25. The van der Waals surface area contributed by atoms with E-state index in [0.29, 0.717) is 16.3 Å². The molecule has 0 radical (unpaired) electrons. The molecule has 2 heterocycles. The molecule has 1 aliphatic rings. The molecular weight excluding hydrogens is 459 g/mol. The zero-order valence-corrected chi connectivity index (χ0v) is 17.7. The van der Waals surface area contributed by atoms with Crippen LogP contribution in [0.2, 0.25) is 10.0 Å². The standard InChI is InChI=1S/C22H14Cl2N2O6/c23-13-6-7-16(17(24)10-13)19-18(20(27)12-3-1-4-14(9-12)26(30)31)21(28)22(29)25(19)11-15-5-2-8-32-15/h1-10,19,27H,11H2. The number of furan rings is 1. The van der Waals surface area contributed by atoms with Gasteiger partial charge in [-0.3, -0.25) is 19.7 Å². The largest absolute Gasteiger partial charge is 0.507 e. The topological polar surface area (TPSA) is 114 Å². The third-order valence-electron chi connectivity index (χ3n) is 5.03. The summed E-state index contributed by atoms with van der Waals surface area (Å²) < 4.78 is 5.32. The number of hydrogen-bond acceptors (Lipinski definition) is 6. The molecule has 8 nitrogen and oxygen atoms in total. The summed E-state index contributed by atoms with van der Waals surface area (Å²) in [4.78, 5) is 37.7. The molecular formula is C22H14Cl2N2O6. The van der Waals surface area contributed by atoms with Gasteiger partial charge in [0, 0.05) is 27.7 Å². The van der Waals surface area contributed by atoms with Crippen molar-refractivity contribution in [3.63, 3.8) is 0 Å². The molecule has 10 heteroatoms. The van der Waals surface area contributed by atoms with E-state index in [4.69, 9.17) is 27.6 Å². The van der Waals surface area contributed by atoms with Crippen LogP contribution in [0.15, 0.2) is 70.9 Å². The maximum absolute atomic E-state index is 13.0. The summed E-state index contributed by atoms with van der Waals surface area (Å²) in [6.07, 6.45) is 1.43. The van der Waals surface area contributed by atoms with Crippen LogP contribution >= 0.6 is 23.2 Å². The number of amides is 1. The molecule has 1 aliphatic heterocycles. The van der Waals surface area contributed by atoms with Gasteiger partial charge in [0.15, 0.2) is 0 Å². The van der Waals surface area contributed by atoms with Crippen molar-refractivity contribution >= 4 is 46.3 Å². The zero-order valence-electron chi connectivity index (χ0n) is 16.2. The summed E-state index contributed by atoms with van der Waals surface area (Å²) in [6.45, 7) is -0.0626. The Morgan fingerprint density at radius 2 is 1.91 bits per heavy atom. The van der Waals surface area contributed by atoms with E-state index in [9.17, 15) is 24.8 Å². The van der Waals surface area contributed by atoms with Gasteiger partial charge in [0.25, 0.3) is 17.4 Å². The monoisotopic (exact) mass is 472 g/mol. The van der Waals surface area contributed by atoms with Crippen molar-refractivity contribution in [1.29, 1.82) is 0 Å². The van der Waals surface area contributed by atoms with E-state index in [1.165, 1.54) is 35.4 Å². The zero-order chi connectivity index (χ0) is 23.0. The van der Waals surface area contributed by atoms with Crippen molar-refractivity contribution < 1.29 is 24.0 Å². The number of likely N-dealkylation sites (tertiary alicyclic amines) is 1. The smallest absolute Gasteiger partial charge is 0.296 e. The molecule has 1 unspecified atom stereocenters. The van der Waals surface area contributed by atoms with Crippen LogP contribution in [0.3, 0.4) is 0 Å². The minimum absolute atomic E-state index is 0.0188. The van der Waals surface area contributed by atoms with Gasteiger partial charge in [0.05, 0.1) is 29.3 Å². The quantitative estimate of drug-likeness (QED) is 0.181. The predicted molar refractivity (Wildman–Crippen MR) is 116 cm³/mol. The Hall–Kier alpha value is -3.62. The third-order valence-corrected chi connectivity index (χ3v) is 5.60. The van der Waals surface area contributed by atoms with Crippen LogP contribution in [-0.2, 0) is 16.1 Å². The van der Waals surface area contributed by atoms with Crippen LogP contribution in [0, 0.1) is 10.1 Å². The van der Waals surface area contributed by atoms with Gasteiger partial charge >= 0.3 is 0 Å². The van der Waals surface area contributed by atoms with Crippen molar-refractivity contribution in [2.24, 2.45) is 0 Å². The number of non-ortho nitro benzene ring substituents is 1. The Labute approximate surface area is 191 Å². The first kappa shape index (κ1) is 21.6. The van der Waals surface area contributed by atoms with Gasteiger partial charge in [-0.2, -0.15) is 0 Å². The first-order chi connectivity index (χ1) is 15.3. The number of carbonyl (C=O) groups is 2. The molecule has 0 spiro atoms. The third kappa shape index (κ3) is 3.86. The van der Waals surface area contributed by atoms with Gasteiger partial charge in [-0.1, -0.05) is 41.4 Å². The van der Waals surface area contributed by atoms with Crippen molar-refractivity contribution in [2.45, 2.75) is 12.6 Å². The minimum Gasteiger partial charge on any atom is -0.507 e. The molecule has 4 rings (SSSR count). The lowest BCUT2D eigenvalue weighted by Crippen LogP contribution is -2.29. The van der Waals surface area contributed by atoms with Crippen molar-refractivity contribution in [2.75, 3.05) is 0 Å². The number of ketones is 1. The molecule has 2 aromatic carbocycles. The van der Waals surface area contributed by atoms with Crippen molar-refractivity contribution in [1.82, 2.24) is 4.90 Å². The summed E-state index contributed by atoms with van der Waals surface area (Å²) >= 11 is 12.4. The number of hydrogen-bond donors (Lipinski definition) is 1. The van der Waals surface area contributed by atoms with Crippen LogP contribution in [0.25, 0.3) is 5.76 Å². The number of aliphatic hydroxyl groups is 1. The summed E-state index contributed by atoms with van der Waals surface area (Å²) in [5.74, 6) is -1.96. The maximum Gasteiger partial charge on any atom is 0.296 e. The fourth-order valence-corrected chi connectivity index (χ4v) is 4.09. The van der Waals surface area contributed by atoms with E-state index in [0.717, 1.165) is 6.07 Å². The van der Waals surface area contributed by atoms with E-state index in [2.05, 4.69) is 0 Å². The number of carbonyl (C=O) groups excluding carboxylic acids is 2. The fraction of sp³-hybridized carbons (Fsp3) is 0.0909. The first-order valence-corrected chi connectivity index (χ1v) is 10.0. The van der Waals surface area contributed by atoms with Gasteiger partial charge in [-0.05, 0) is 29.8 Å². The molecule has 1 saturated heterocycles. The number of aliphatic hydroxyl groups excluding tert-OH is 1. The molecule has 162 valence electrons. The Bertz CT molecular complexity index is 1270. The van der Waals surface area contributed by atoms with E-state index < -0.39 is 28.4 Å². The Kier molecular flexibility index (Phi) is 5.73. The Morgan fingerprint density at radius 3 is 2.56 bits per heavy atom. The number of Topliss-reactive ketones (excluding diaryl/α,β-unsaturated/α-hetero) is 1. The maximum atomic E-state index is 13.0. The molecule has 0 bridgehead atoms. The van der Waals surface area contributed by atoms with Crippen LogP contribution < -0.4 is 0 Å². The summed E-state index contributed by atoms with van der Waals surface area (Å²) in [5, 5.41) is 22.7. The SMILES string of the molecule is O=C1C(=O)N(Cc2ccco2)C(c2ccc(Cl)cc2Cl)C1=C(O)c1cccc([N+](=O)[O-])c1. The second kappa shape index (κ2) is 8.49. The minimum atomic E-state index is -1.07. The average molecular weight is 473 g/mol. The van der Waals surface area contributed by atoms with E-state index in [1.54, 1.807) is 24.3 Å².